The second-order valence-electron chi connectivity index (χ2n) is 10.3. The smallest absolute Gasteiger partial charge is 0.206 e. The highest BCUT2D eigenvalue weighted by molar-refractivity contribution is 5.84. The third kappa shape index (κ3) is 5.31. The number of unbranched alkanes of at least 4 members (excludes halogenated alkanes) is 4. The Hall–Kier alpha value is -1.58. The highest BCUT2D eigenvalue weighted by Gasteiger charge is 2.37. The molecule has 0 N–H and O–H groups in total. The predicted octanol–water partition coefficient (Wildman–Crippen LogP) is 9.66. The second-order valence-corrected chi connectivity index (χ2v) is 10.3. The van der Waals surface area contributed by atoms with Crippen LogP contribution in [0.25, 0.3) is 10.8 Å². The lowest BCUT2D eigenvalue weighted by Crippen LogP contribution is -2.30. The number of fused-ring (bicyclic) bond motifs is 2. The van der Waals surface area contributed by atoms with Crippen molar-refractivity contribution in [3.05, 3.63) is 47.3 Å². The van der Waals surface area contributed by atoms with Gasteiger partial charge >= 0.3 is 6.18 Å². The molecule has 32 heavy (non-hydrogen) atoms. The molecule has 2 unspecified atom stereocenters. The van der Waals surface area contributed by atoms with E-state index in [0.717, 1.165) is 35.8 Å². The lowest BCUT2D eigenvalue weighted by molar-refractivity contribution is -0.139. The molecule has 4 rings (SSSR count). The Morgan fingerprint density at radius 2 is 1.59 bits per heavy atom. The van der Waals surface area contributed by atoms with Gasteiger partial charge in [-0.2, -0.15) is 13.2 Å². The van der Waals surface area contributed by atoms with Crippen molar-refractivity contribution in [3.63, 3.8) is 0 Å². The van der Waals surface area contributed by atoms with E-state index in [1.54, 1.807) is 6.07 Å². The average Bonchev–Trinajstić information content (AvgIpc) is 2.77. The summed E-state index contributed by atoms with van der Waals surface area (Å²) in [5, 5.41) is 0.638. The molecule has 2 aliphatic carbocycles. The molecule has 2 fully saturated rings. The summed E-state index contributed by atoms with van der Waals surface area (Å²) in [6, 6.07) is 7.63. The van der Waals surface area contributed by atoms with Crippen LogP contribution in [0.5, 0.6) is 0 Å². The van der Waals surface area contributed by atoms with Gasteiger partial charge < -0.3 is 0 Å². The summed E-state index contributed by atoms with van der Waals surface area (Å²) in [6.45, 7) is 2.26. The number of rotatable bonds is 7. The van der Waals surface area contributed by atoms with Crippen molar-refractivity contribution in [2.24, 2.45) is 17.8 Å². The molecule has 2 aromatic rings. The summed E-state index contributed by atoms with van der Waals surface area (Å²) in [6.07, 6.45) is 11.2. The molecule has 2 aromatic carbocycles. The maximum Gasteiger partial charge on any atom is 0.419 e. The molecule has 176 valence electrons. The average molecular weight is 449 g/mol. The second kappa shape index (κ2) is 10.1. The minimum absolute atomic E-state index is 0.0664. The van der Waals surface area contributed by atoms with Crippen molar-refractivity contribution in [3.8, 4) is 0 Å². The Balaban J connectivity index is 1.37. The molecule has 2 saturated carbocycles. The molecule has 0 nitrogen and oxygen atoms in total. The van der Waals surface area contributed by atoms with Crippen LogP contribution >= 0.6 is 0 Å². The van der Waals surface area contributed by atoms with Gasteiger partial charge in [0.15, 0.2) is 0 Å². The van der Waals surface area contributed by atoms with E-state index in [4.69, 9.17) is 0 Å². The Morgan fingerprint density at radius 3 is 2.38 bits per heavy atom. The summed E-state index contributed by atoms with van der Waals surface area (Å²) in [5.74, 6) is 1.80. The molecule has 2 aliphatic rings. The highest BCUT2D eigenvalue weighted by Crippen LogP contribution is 2.48. The van der Waals surface area contributed by atoms with E-state index >= 15 is 0 Å². The minimum atomic E-state index is -4.66. The van der Waals surface area contributed by atoms with Crippen LogP contribution in [-0.2, 0) is 6.18 Å². The molecule has 0 heterocycles. The highest BCUT2D eigenvalue weighted by atomic mass is 19.4. The Morgan fingerprint density at radius 1 is 0.844 bits per heavy atom. The maximum absolute atomic E-state index is 14.4. The zero-order chi connectivity index (χ0) is 22.7. The molecule has 0 aromatic heterocycles. The third-order valence-corrected chi connectivity index (χ3v) is 8.19. The van der Waals surface area contributed by atoms with Crippen LogP contribution in [0.3, 0.4) is 0 Å². The largest absolute Gasteiger partial charge is 0.419 e. The fourth-order valence-corrected chi connectivity index (χ4v) is 6.37. The molecule has 0 spiro atoms. The van der Waals surface area contributed by atoms with E-state index < -0.39 is 17.6 Å². The van der Waals surface area contributed by atoms with E-state index in [0.29, 0.717) is 11.3 Å². The molecular formula is C28H36F4. The Labute approximate surface area is 189 Å². The van der Waals surface area contributed by atoms with Crippen molar-refractivity contribution in [1.29, 1.82) is 0 Å². The van der Waals surface area contributed by atoms with Gasteiger partial charge in [0.25, 0.3) is 0 Å². The fourth-order valence-electron chi connectivity index (χ4n) is 6.37. The van der Waals surface area contributed by atoms with Crippen LogP contribution in [0.4, 0.5) is 17.6 Å². The first-order valence-electron chi connectivity index (χ1n) is 12.7. The van der Waals surface area contributed by atoms with E-state index in [1.165, 1.54) is 76.7 Å². The van der Waals surface area contributed by atoms with Crippen LogP contribution < -0.4 is 0 Å². The first-order valence-corrected chi connectivity index (χ1v) is 12.7. The lowest BCUT2D eigenvalue weighted by atomic mass is 9.63. The van der Waals surface area contributed by atoms with Gasteiger partial charge in [-0.1, -0.05) is 76.1 Å². The number of alkyl halides is 3. The summed E-state index contributed by atoms with van der Waals surface area (Å²) in [5.41, 5.74) is -0.0199. The van der Waals surface area contributed by atoms with Gasteiger partial charge in [-0.15, -0.1) is 0 Å². The molecule has 0 saturated heterocycles. The van der Waals surface area contributed by atoms with Crippen molar-refractivity contribution >= 4 is 10.8 Å². The first kappa shape index (κ1) is 23.6. The van der Waals surface area contributed by atoms with Crippen LogP contribution in [-0.4, -0.2) is 0 Å². The van der Waals surface area contributed by atoms with Crippen molar-refractivity contribution < 1.29 is 17.6 Å². The zero-order valence-electron chi connectivity index (χ0n) is 19.2. The maximum atomic E-state index is 14.4. The standard InChI is InChI=1S/C28H36F4/c1-2-3-4-5-6-7-19-8-9-21-17-22(11-10-20(21)16-19)23-12-14-25-24(18-23)13-15-26(27(25)29)28(30,31)32/h12-15,18-22H,2-11,16-17H2,1H3/t19-,20?,21-,22?/m1/s1. The molecular weight excluding hydrogens is 412 g/mol. The molecule has 4 heteroatoms. The lowest BCUT2D eigenvalue weighted by Gasteiger charge is -2.42. The molecule has 0 bridgehead atoms. The number of hydrogen-bond acceptors (Lipinski definition) is 0. The van der Waals surface area contributed by atoms with Gasteiger partial charge in [0.2, 0.25) is 0 Å². The Bertz CT molecular complexity index is 900. The molecule has 0 radical (unpaired) electrons. The first-order chi connectivity index (χ1) is 15.4. The van der Waals surface area contributed by atoms with Crippen molar-refractivity contribution in [2.75, 3.05) is 0 Å². The minimum Gasteiger partial charge on any atom is -0.206 e. The van der Waals surface area contributed by atoms with Gasteiger partial charge in [-0.25, -0.2) is 4.39 Å². The molecule has 4 atom stereocenters. The zero-order valence-corrected chi connectivity index (χ0v) is 19.2. The van der Waals surface area contributed by atoms with Crippen molar-refractivity contribution in [1.82, 2.24) is 0 Å². The van der Waals surface area contributed by atoms with Gasteiger partial charge in [0.05, 0.1) is 5.56 Å². The van der Waals surface area contributed by atoms with Crippen LogP contribution in [0.2, 0.25) is 0 Å². The quantitative estimate of drug-likeness (QED) is 0.292. The van der Waals surface area contributed by atoms with Crippen molar-refractivity contribution in [2.45, 2.75) is 96.1 Å². The van der Waals surface area contributed by atoms with E-state index in [2.05, 4.69) is 6.92 Å². The van der Waals surface area contributed by atoms with E-state index in [1.807, 2.05) is 12.1 Å². The molecule has 0 aliphatic heterocycles. The van der Waals surface area contributed by atoms with Gasteiger partial charge in [0.1, 0.15) is 5.82 Å². The Kier molecular flexibility index (Phi) is 7.47. The van der Waals surface area contributed by atoms with Gasteiger partial charge in [0, 0.05) is 5.39 Å². The van der Waals surface area contributed by atoms with Crippen LogP contribution in [0.15, 0.2) is 30.3 Å². The SMILES string of the molecule is CCCCCCC[C@@H]1CC[C@@H]2CC(c3ccc4c(F)c(C(F)(F)F)ccc4c3)CCC2C1. The van der Waals surface area contributed by atoms with E-state index in [-0.39, 0.29) is 5.39 Å². The van der Waals surface area contributed by atoms with Gasteiger partial charge in [-0.05, 0) is 72.8 Å². The number of halogens is 4. The molecule has 0 amide bonds. The van der Waals surface area contributed by atoms with Crippen LogP contribution in [0.1, 0.15) is 101 Å². The summed E-state index contributed by atoms with van der Waals surface area (Å²) < 4.78 is 53.5. The fraction of sp³-hybridized carbons (Fsp3) is 0.643. The third-order valence-electron chi connectivity index (χ3n) is 8.19. The number of benzene rings is 2. The predicted molar refractivity (Wildman–Crippen MR) is 123 cm³/mol. The number of hydrogen-bond donors (Lipinski definition) is 0. The van der Waals surface area contributed by atoms with Gasteiger partial charge in [-0.3, -0.25) is 0 Å². The van der Waals surface area contributed by atoms with Crippen LogP contribution in [0, 0.1) is 23.6 Å². The monoisotopic (exact) mass is 448 g/mol. The summed E-state index contributed by atoms with van der Waals surface area (Å²) in [4.78, 5) is 0. The topological polar surface area (TPSA) is 0 Å². The summed E-state index contributed by atoms with van der Waals surface area (Å²) in [7, 11) is 0. The van der Waals surface area contributed by atoms with E-state index in [9.17, 15) is 17.6 Å². The normalized spacial score (nSPS) is 26.3. The summed E-state index contributed by atoms with van der Waals surface area (Å²) >= 11 is 0.